The normalized spacial score (nSPS) is 19.9. The van der Waals surface area contributed by atoms with Crippen LogP contribution < -0.4 is 10.9 Å². The number of nitrogens with one attached hydrogen (secondary N) is 2. The third-order valence-corrected chi connectivity index (χ3v) is 5.39. The third kappa shape index (κ3) is 3.79. The quantitative estimate of drug-likeness (QED) is 0.747. The molecule has 2 heterocycles. The lowest BCUT2D eigenvalue weighted by Crippen LogP contribution is -2.40. The van der Waals surface area contributed by atoms with Crippen LogP contribution in [0.3, 0.4) is 0 Å². The molecule has 0 bridgehead atoms. The zero-order valence-electron chi connectivity index (χ0n) is 15.4. The number of rotatable bonds is 4. The van der Waals surface area contributed by atoms with E-state index in [9.17, 15) is 9.59 Å². The molecule has 6 heteroatoms. The van der Waals surface area contributed by atoms with Crippen LogP contribution in [0.2, 0.25) is 0 Å². The van der Waals surface area contributed by atoms with Gasteiger partial charge in [0.05, 0.1) is 18.2 Å². The minimum Gasteiger partial charge on any atom is -0.361 e. The van der Waals surface area contributed by atoms with Gasteiger partial charge in [-0.05, 0) is 50.3 Å². The van der Waals surface area contributed by atoms with E-state index in [1.165, 1.54) is 0 Å². The fraction of sp³-hybridized carbons (Fsp3) is 0.381. The maximum atomic E-state index is 12.5. The minimum atomic E-state index is -0.0487. The molecule has 2 aromatic heterocycles. The summed E-state index contributed by atoms with van der Waals surface area (Å²) in [5.74, 6) is 0.0500. The van der Waals surface area contributed by atoms with E-state index in [2.05, 4.69) is 15.4 Å². The predicted octanol–water partition coefficient (Wildman–Crippen LogP) is 2.88. The molecule has 0 spiro atoms. The number of fused-ring (bicyclic) bond motifs is 1. The molecule has 0 atom stereocenters. The number of amides is 1. The molecule has 0 aliphatic heterocycles. The summed E-state index contributed by atoms with van der Waals surface area (Å²) in [5.41, 5.74) is 2.88. The topological polar surface area (TPSA) is 79.8 Å². The highest BCUT2D eigenvalue weighted by Crippen LogP contribution is 2.27. The minimum absolute atomic E-state index is 0.0487. The fourth-order valence-corrected chi connectivity index (χ4v) is 3.98. The van der Waals surface area contributed by atoms with Crippen LogP contribution in [-0.4, -0.2) is 26.7 Å². The lowest BCUT2D eigenvalue weighted by Gasteiger charge is -2.29. The van der Waals surface area contributed by atoms with Gasteiger partial charge in [0.25, 0.3) is 5.56 Å². The van der Waals surface area contributed by atoms with Crippen molar-refractivity contribution in [3.05, 3.63) is 64.2 Å². The largest absolute Gasteiger partial charge is 0.361 e. The van der Waals surface area contributed by atoms with Crippen LogP contribution in [0.15, 0.2) is 47.4 Å². The molecule has 2 N–H and O–H groups in total. The van der Waals surface area contributed by atoms with Gasteiger partial charge in [-0.15, -0.1) is 0 Å². The van der Waals surface area contributed by atoms with E-state index in [0.29, 0.717) is 6.42 Å². The third-order valence-electron chi connectivity index (χ3n) is 5.39. The zero-order chi connectivity index (χ0) is 18.8. The van der Waals surface area contributed by atoms with Gasteiger partial charge < -0.3 is 10.3 Å². The van der Waals surface area contributed by atoms with Gasteiger partial charge in [0, 0.05) is 29.2 Å². The number of carbonyl (C=O) groups excluding carboxylic acids is 1. The number of aromatic amines is 1. The van der Waals surface area contributed by atoms with Gasteiger partial charge in [-0.25, -0.2) is 4.68 Å². The summed E-state index contributed by atoms with van der Waals surface area (Å²) < 4.78 is 1.61. The monoisotopic (exact) mass is 364 g/mol. The maximum absolute atomic E-state index is 12.5. The molecule has 1 amide bonds. The first kappa shape index (κ1) is 17.5. The summed E-state index contributed by atoms with van der Waals surface area (Å²) in [5, 5.41) is 8.63. The average molecular weight is 364 g/mol. The zero-order valence-corrected chi connectivity index (χ0v) is 15.4. The van der Waals surface area contributed by atoms with Crippen LogP contribution in [0.1, 0.15) is 43.0 Å². The number of hydrogen-bond acceptors (Lipinski definition) is 3. The second-order valence-electron chi connectivity index (χ2n) is 7.37. The Morgan fingerprint density at radius 3 is 2.78 bits per heavy atom. The standard InChI is InChI=1S/C21H24N4O2/c1-14-6-11-21(27)25(24-14)17-9-7-16(8-10-17)23-20(26)12-15-13-22-19-5-3-2-4-18(15)19/h2-6,11,13,16-17,22H,7-10,12H2,1H3,(H,23,26). The highest BCUT2D eigenvalue weighted by Gasteiger charge is 2.25. The Morgan fingerprint density at radius 1 is 1.19 bits per heavy atom. The number of H-pyrrole nitrogens is 1. The Bertz CT molecular complexity index is 1010. The maximum Gasteiger partial charge on any atom is 0.267 e. The van der Waals surface area contributed by atoms with Crippen molar-refractivity contribution in [1.82, 2.24) is 20.1 Å². The molecule has 1 aliphatic carbocycles. The second-order valence-corrected chi connectivity index (χ2v) is 7.37. The molecule has 6 nitrogen and oxygen atoms in total. The van der Waals surface area contributed by atoms with Gasteiger partial charge >= 0.3 is 0 Å². The van der Waals surface area contributed by atoms with Crippen LogP contribution in [0.25, 0.3) is 10.9 Å². The van der Waals surface area contributed by atoms with Crippen molar-refractivity contribution in [1.29, 1.82) is 0 Å². The van der Waals surface area contributed by atoms with Crippen LogP contribution in [0, 0.1) is 6.92 Å². The summed E-state index contributed by atoms with van der Waals surface area (Å²) in [6.45, 7) is 1.90. The molecule has 1 aromatic carbocycles. The summed E-state index contributed by atoms with van der Waals surface area (Å²) >= 11 is 0. The number of benzene rings is 1. The summed E-state index contributed by atoms with van der Waals surface area (Å²) in [6.07, 6.45) is 5.74. The van der Waals surface area contributed by atoms with Crippen LogP contribution in [0.5, 0.6) is 0 Å². The molecule has 0 radical (unpaired) electrons. The molecule has 0 saturated heterocycles. The molecular formula is C21H24N4O2. The number of aromatic nitrogens is 3. The van der Waals surface area contributed by atoms with E-state index in [0.717, 1.165) is 47.8 Å². The lowest BCUT2D eigenvalue weighted by atomic mass is 9.91. The van der Waals surface area contributed by atoms with E-state index < -0.39 is 0 Å². The molecule has 4 rings (SSSR count). The Morgan fingerprint density at radius 2 is 1.96 bits per heavy atom. The Labute approximate surface area is 157 Å². The van der Waals surface area contributed by atoms with Crippen molar-refractivity contribution in [3.63, 3.8) is 0 Å². The van der Waals surface area contributed by atoms with Crippen molar-refractivity contribution in [2.45, 2.75) is 51.1 Å². The number of aryl methyl sites for hydroxylation is 1. The van der Waals surface area contributed by atoms with E-state index in [1.807, 2.05) is 37.4 Å². The first-order chi connectivity index (χ1) is 13.1. The summed E-state index contributed by atoms with van der Waals surface area (Å²) in [4.78, 5) is 27.7. The number of hydrogen-bond donors (Lipinski definition) is 2. The molecule has 0 unspecified atom stereocenters. The van der Waals surface area contributed by atoms with E-state index in [-0.39, 0.29) is 23.6 Å². The van der Waals surface area contributed by atoms with E-state index in [1.54, 1.807) is 16.8 Å². The van der Waals surface area contributed by atoms with Crippen molar-refractivity contribution >= 4 is 16.8 Å². The van der Waals surface area contributed by atoms with Crippen molar-refractivity contribution in [2.24, 2.45) is 0 Å². The second kappa shape index (κ2) is 7.39. The molecule has 27 heavy (non-hydrogen) atoms. The van der Waals surface area contributed by atoms with Gasteiger partial charge in [-0.1, -0.05) is 18.2 Å². The highest BCUT2D eigenvalue weighted by molar-refractivity contribution is 5.88. The molecule has 3 aromatic rings. The first-order valence-corrected chi connectivity index (χ1v) is 9.51. The lowest BCUT2D eigenvalue weighted by molar-refractivity contribution is -0.121. The smallest absolute Gasteiger partial charge is 0.267 e. The van der Waals surface area contributed by atoms with Crippen LogP contribution >= 0.6 is 0 Å². The van der Waals surface area contributed by atoms with E-state index in [4.69, 9.17) is 0 Å². The number of para-hydroxylation sites is 1. The highest BCUT2D eigenvalue weighted by atomic mass is 16.1. The molecular weight excluding hydrogens is 340 g/mol. The molecule has 140 valence electrons. The number of carbonyl (C=O) groups is 1. The predicted molar refractivity (Wildman–Crippen MR) is 105 cm³/mol. The molecule has 1 saturated carbocycles. The van der Waals surface area contributed by atoms with Crippen molar-refractivity contribution in [2.75, 3.05) is 0 Å². The van der Waals surface area contributed by atoms with Gasteiger partial charge in [0.1, 0.15) is 0 Å². The van der Waals surface area contributed by atoms with Crippen molar-refractivity contribution < 1.29 is 4.79 Å². The molecule has 1 fully saturated rings. The Kier molecular flexibility index (Phi) is 4.79. The van der Waals surface area contributed by atoms with Gasteiger partial charge in [0.15, 0.2) is 0 Å². The SMILES string of the molecule is Cc1ccc(=O)n(C2CCC(NC(=O)Cc3c[nH]c4ccccc34)CC2)n1. The summed E-state index contributed by atoms with van der Waals surface area (Å²) in [6, 6.07) is 11.6. The van der Waals surface area contributed by atoms with Gasteiger partial charge in [-0.2, -0.15) is 5.10 Å². The first-order valence-electron chi connectivity index (χ1n) is 9.51. The van der Waals surface area contributed by atoms with E-state index >= 15 is 0 Å². The average Bonchev–Trinajstić information content (AvgIpc) is 3.07. The number of nitrogens with zero attached hydrogens (tertiary/aromatic N) is 2. The van der Waals surface area contributed by atoms with Gasteiger partial charge in [-0.3, -0.25) is 9.59 Å². The Balaban J connectivity index is 1.34. The fourth-order valence-electron chi connectivity index (χ4n) is 3.98. The Hall–Kier alpha value is -2.89. The van der Waals surface area contributed by atoms with Crippen LogP contribution in [0.4, 0.5) is 0 Å². The van der Waals surface area contributed by atoms with Crippen molar-refractivity contribution in [3.8, 4) is 0 Å². The summed E-state index contributed by atoms with van der Waals surface area (Å²) in [7, 11) is 0. The van der Waals surface area contributed by atoms with Gasteiger partial charge in [0.2, 0.25) is 5.91 Å². The molecule has 1 aliphatic rings. The van der Waals surface area contributed by atoms with Crippen LogP contribution in [-0.2, 0) is 11.2 Å².